The predicted octanol–water partition coefficient (Wildman–Crippen LogP) is 3.53. The molecule has 0 aliphatic heterocycles. The molecule has 0 aromatic heterocycles. The van der Waals surface area contributed by atoms with Crippen molar-refractivity contribution in [3.8, 4) is 0 Å². The molecule has 0 amide bonds. The Bertz CT molecular complexity index is 492. The van der Waals surface area contributed by atoms with Gasteiger partial charge in [0.25, 0.3) is 0 Å². The van der Waals surface area contributed by atoms with E-state index in [1.54, 1.807) is 0 Å². The SMILES string of the molecule is [B][C@@H]1C[C@H]2[C@@H]3CC[C@H]4C[C@@H](O)CC[C@]4(C)[C@H]3CC[C@]2(C)C1=O. The Labute approximate surface area is 135 Å². The van der Waals surface area contributed by atoms with Crippen molar-refractivity contribution >= 4 is 13.6 Å². The highest BCUT2D eigenvalue weighted by Gasteiger charge is 2.61. The van der Waals surface area contributed by atoms with Crippen LogP contribution in [0.25, 0.3) is 0 Å². The highest BCUT2D eigenvalue weighted by atomic mass is 16.3. The number of rotatable bonds is 0. The molecule has 4 fully saturated rings. The summed E-state index contributed by atoms with van der Waals surface area (Å²) in [5, 5.41) is 10.1. The van der Waals surface area contributed by atoms with Gasteiger partial charge in [-0.2, -0.15) is 0 Å². The molecule has 1 N–H and O–H groups in total. The molecule has 2 nitrogen and oxygen atoms in total. The molecule has 22 heavy (non-hydrogen) atoms. The minimum Gasteiger partial charge on any atom is -0.393 e. The third-order valence-corrected chi connectivity index (χ3v) is 8.44. The molecule has 4 saturated carbocycles. The van der Waals surface area contributed by atoms with E-state index in [1.165, 1.54) is 25.7 Å². The number of carbonyl (C=O) groups is 1. The number of aliphatic hydroxyl groups excluding tert-OH is 1. The average molecular weight is 300 g/mol. The van der Waals surface area contributed by atoms with Crippen LogP contribution in [0.2, 0.25) is 5.82 Å². The number of hydrogen-bond donors (Lipinski definition) is 1. The Morgan fingerprint density at radius 1 is 1.05 bits per heavy atom. The van der Waals surface area contributed by atoms with E-state index in [1.807, 2.05) is 0 Å². The lowest BCUT2D eigenvalue weighted by atomic mass is 9.45. The van der Waals surface area contributed by atoms with Crippen LogP contribution in [-0.2, 0) is 4.79 Å². The second-order valence-corrected chi connectivity index (χ2v) is 9.25. The minimum atomic E-state index is -0.215. The van der Waals surface area contributed by atoms with Gasteiger partial charge < -0.3 is 5.11 Å². The van der Waals surface area contributed by atoms with Gasteiger partial charge in [0.15, 0.2) is 0 Å². The van der Waals surface area contributed by atoms with Gasteiger partial charge in [-0.05, 0) is 86.3 Å². The van der Waals surface area contributed by atoms with Crippen LogP contribution in [0.1, 0.15) is 65.2 Å². The fourth-order valence-electron chi connectivity index (χ4n) is 7.10. The standard InChI is InChI=1S/C19H29BO2/c1-18-7-5-12(21)9-11(18)3-4-13-14(18)6-8-19(2)15(13)10-16(20)17(19)22/h11-16,21H,3-10H2,1-2H3/t11-,12-,13+,14-,15-,16+,18-,19-/m0/s1. The van der Waals surface area contributed by atoms with E-state index in [4.69, 9.17) is 7.85 Å². The van der Waals surface area contributed by atoms with Crippen LogP contribution in [0.5, 0.6) is 0 Å². The first-order chi connectivity index (χ1) is 10.4. The topological polar surface area (TPSA) is 37.3 Å². The molecule has 0 saturated heterocycles. The van der Waals surface area contributed by atoms with E-state index in [-0.39, 0.29) is 17.3 Å². The van der Waals surface area contributed by atoms with Crippen molar-refractivity contribution in [2.45, 2.75) is 77.1 Å². The van der Waals surface area contributed by atoms with Crippen LogP contribution in [0.15, 0.2) is 0 Å². The molecule has 120 valence electrons. The summed E-state index contributed by atoms with van der Waals surface area (Å²) in [6.07, 6.45) is 8.70. The van der Waals surface area contributed by atoms with Crippen molar-refractivity contribution < 1.29 is 9.90 Å². The number of aliphatic hydroxyl groups is 1. The number of fused-ring (bicyclic) bond motifs is 5. The van der Waals surface area contributed by atoms with Crippen LogP contribution in [0, 0.1) is 34.5 Å². The Hall–Kier alpha value is -0.305. The molecule has 2 radical (unpaired) electrons. The molecule has 0 unspecified atom stereocenters. The van der Waals surface area contributed by atoms with E-state index in [0.29, 0.717) is 29.0 Å². The van der Waals surface area contributed by atoms with E-state index in [0.717, 1.165) is 31.6 Å². The maximum absolute atomic E-state index is 12.6. The lowest BCUT2D eigenvalue weighted by Crippen LogP contribution is -2.54. The first kappa shape index (κ1) is 15.2. The molecule has 0 bridgehead atoms. The van der Waals surface area contributed by atoms with Gasteiger partial charge in [-0.3, -0.25) is 4.79 Å². The van der Waals surface area contributed by atoms with E-state index in [2.05, 4.69) is 13.8 Å². The smallest absolute Gasteiger partial charge is 0.133 e. The first-order valence-electron chi connectivity index (χ1n) is 9.34. The number of ketones is 1. The summed E-state index contributed by atoms with van der Waals surface area (Å²) in [6, 6.07) is 0. The van der Waals surface area contributed by atoms with Crippen molar-refractivity contribution in [1.82, 2.24) is 0 Å². The van der Waals surface area contributed by atoms with Crippen LogP contribution in [-0.4, -0.2) is 24.8 Å². The molecule has 4 aliphatic rings. The lowest BCUT2D eigenvalue weighted by Gasteiger charge is -2.60. The molecule has 0 aromatic carbocycles. The zero-order valence-electron chi connectivity index (χ0n) is 14.1. The first-order valence-corrected chi connectivity index (χ1v) is 9.34. The van der Waals surface area contributed by atoms with Crippen molar-refractivity contribution in [2.24, 2.45) is 34.5 Å². The molecule has 4 aliphatic carbocycles. The quantitative estimate of drug-likeness (QED) is 0.695. The summed E-state index contributed by atoms with van der Waals surface area (Å²) in [4.78, 5) is 12.6. The summed E-state index contributed by atoms with van der Waals surface area (Å²) in [5.41, 5.74) is 0.247. The Morgan fingerprint density at radius 2 is 1.82 bits per heavy atom. The molecular weight excluding hydrogens is 271 g/mol. The summed E-state index contributed by atoms with van der Waals surface area (Å²) in [6.45, 7) is 4.68. The molecule has 0 heterocycles. The van der Waals surface area contributed by atoms with Gasteiger partial charge >= 0.3 is 0 Å². The van der Waals surface area contributed by atoms with Gasteiger partial charge in [0.05, 0.1) is 14.0 Å². The second-order valence-electron chi connectivity index (χ2n) is 9.25. The maximum atomic E-state index is 12.6. The van der Waals surface area contributed by atoms with Gasteiger partial charge in [0.2, 0.25) is 0 Å². The lowest BCUT2D eigenvalue weighted by molar-refractivity contribution is -0.142. The molecule has 4 rings (SSSR count). The second kappa shape index (κ2) is 4.85. The Balaban J connectivity index is 1.64. The highest BCUT2D eigenvalue weighted by molar-refractivity contribution is 6.26. The fraction of sp³-hybridized carbons (Fsp3) is 0.947. The zero-order valence-corrected chi connectivity index (χ0v) is 14.1. The molecule has 0 spiro atoms. The maximum Gasteiger partial charge on any atom is 0.133 e. The highest BCUT2D eigenvalue weighted by Crippen LogP contribution is 2.66. The molecule has 8 atom stereocenters. The van der Waals surface area contributed by atoms with Gasteiger partial charge in [-0.15, -0.1) is 0 Å². The van der Waals surface area contributed by atoms with Crippen molar-refractivity contribution in [3.05, 3.63) is 0 Å². The Kier molecular flexibility index (Phi) is 3.36. The van der Waals surface area contributed by atoms with E-state index >= 15 is 0 Å². The third kappa shape index (κ3) is 1.87. The summed E-state index contributed by atoms with van der Waals surface area (Å²) in [5.74, 6) is 2.75. The van der Waals surface area contributed by atoms with Crippen molar-refractivity contribution in [2.75, 3.05) is 0 Å². The molecule has 0 aromatic rings. The van der Waals surface area contributed by atoms with Crippen LogP contribution < -0.4 is 0 Å². The van der Waals surface area contributed by atoms with Crippen LogP contribution in [0.4, 0.5) is 0 Å². The van der Waals surface area contributed by atoms with Crippen molar-refractivity contribution in [1.29, 1.82) is 0 Å². The van der Waals surface area contributed by atoms with Crippen LogP contribution in [0.3, 0.4) is 0 Å². The number of carbonyl (C=O) groups excluding carboxylic acids is 1. The number of Topliss-reactive ketones (excluding diaryl/α,β-unsaturated/α-hetero) is 1. The summed E-state index contributed by atoms with van der Waals surface area (Å²) >= 11 is 0. The largest absolute Gasteiger partial charge is 0.393 e. The van der Waals surface area contributed by atoms with Crippen LogP contribution >= 0.6 is 0 Å². The summed E-state index contributed by atoms with van der Waals surface area (Å²) < 4.78 is 0. The van der Waals surface area contributed by atoms with E-state index in [9.17, 15) is 9.90 Å². The molecule has 3 heteroatoms. The normalized spacial score (nSPS) is 57.9. The van der Waals surface area contributed by atoms with Gasteiger partial charge in [-0.25, -0.2) is 0 Å². The monoisotopic (exact) mass is 300 g/mol. The van der Waals surface area contributed by atoms with Crippen molar-refractivity contribution in [3.63, 3.8) is 0 Å². The van der Waals surface area contributed by atoms with E-state index < -0.39 is 0 Å². The average Bonchev–Trinajstić information content (AvgIpc) is 2.72. The summed E-state index contributed by atoms with van der Waals surface area (Å²) in [7, 11) is 6.15. The minimum absolute atomic E-state index is 0.0787. The van der Waals surface area contributed by atoms with Gasteiger partial charge in [0, 0.05) is 5.41 Å². The zero-order chi connectivity index (χ0) is 15.7. The predicted molar refractivity (Wildman–Crippen MR) is 87.6 cm³/mol. The number of hydrogen-bond acceptors (Lipinski definition) is 2. The molecular formula is C19H29BO2. The Morgan fingerprint density at radius 3 is 2.59 bits per heavy atom. The third-order valence-electron chi connectivity index (χ3n) is 8.44. The van der Waals surface area contributed by atoms with Gasteiger partial charge in [0.1, 0.15) is 5.78 Å². The fourth-order valence-corrected chi connectivity index (χ4v) is 7.10. The van der Waals surface area contributed by atoms with Gasteiger partial charge in [-0.1, -0.05) is 13.8 Å².